The average Bonchev–Trinajstić information content (AvgIpc) is 2.96. The molecular weight excluding hydrogens is 248 g/mol. The summed E-state index contributed by atoms with van der Waals surface area (Å²) in [5.41, 5.74) is 4.14. The van der Waals surface area contributed by atoms with Gasteiger partial charge in [0.05, 0.1) is 18.3 Å². The monoisotopic (exact) mass is 262 g/mol. The van der Waals surface area contributed by atoms with Crippen LogP contribution in [0.3, 0.4) is 0 Å². The quantitative estimate of drug-likeness (QED) is 0.675. The Morgan fingerprint density at radius 1 is 1.00 bits per heavy atom. The topological polar surface area (TPSA) is 34.9 Å². The maximum Gasteiger partial charge on any atom is 0.153 e. The average molecular weight is 262 g/mol. The van der Waals surface area contributed by atoms with Gasteiger partial charge in [-0.05, 0) is 22.8 Å². The van der Waals surface area contributed by atoms with E-state index >= 15 is 0 Å². The van der Waals surface area contributed by atoms with Gasteiger partial charge in [0.1, 0.15) is 0 Å². The summed E-state index contributed by atoms with van der Waals surface area (Å²) < 4.78 is 1.77. The zero-order chi connectivity index (χ0) is 13.8. The highest BCUT2D eigenvalue weighted by Crippen LogP contribution is 2.20. The normalized spacial score (nSPS) is 10.4. The molecule has 0 unspecified atom stereocenters. The van der Waals surface area contributed by atoms with Crippen molar-refractivity contribution in [3.8, 4) is 11.1 Å². The molecule has 0 saturated heterocycles. The summed E-state index contributed by atoms with van der Waals surface area (Å²) >= 11 is 0. The molecular formula is C17H14N2O. The Hall–Kier alpha value is -2.68. The van der Waals surface area contributed by atoms with Crippen LogP contribution in [0.25, 0.3) is 11.1 Å². The Kier molecular flexibility index (Phi) is 3.42. The summed E-state index contributed by atoms with van der Waals surface area (Å²) in [6.07, 6.45) is 4.14. The van der Waals surface area contributed by atoms with Gasteiger partial charge in [-0.1, -0.05) is 48.5 Å². The Labute approximate surface area is 117 Å². The zero-order valence-electron chi connectivity index (χ0n) is 10.9. The number of hydrogen-bond acceptors (Lipinski definition) is 2. The Morgan fingerprint density at radius 3 is 2.55 bits per heavy atom. The van der Waals surface area contributed by atoms with Crippen molar-refractivity contribution in [1.82, 2.24) is 9.78 Å². The van der Waals surface area contributed by atoms with Crippen molar-refractivity contribution in [2.45, 2.75) is 6.54 Å². The van der Waals surface area contributed by atoms with Gasteiger partial charge in [0.15, 0.2) is 6.29 Å². The summed E-state index contributed by atoms with van der Waals surface area (Å²) in [6.45, 7) is 0.661. The summed E-state index contributed by atoms with van der Waals surface area (Å²) in [5.74, 6) is 0. The lowest BCUT2D eigenvalue weighted by atomic mass is 10.0. The third-order valence-corrected chi connectivity index (χ3v) is 3.17. The predicted octanol–water partition coefficient (Wildman–Crippen LogP) is 3.41. The lowest BCUT2D eigenvalue weighted by Crippen LogP contribution is -1.99. The minimum Gasteiger partial charge on any atom is -0.298 e. The first-order valence-corrected chi connectivity index (χ1v) is 6.47. The van der Waals surface area contributed by atoms with E-state index in [0.717, 1.165) is 11.8 Å². The molecule has 0 amide bonds. The second kappa shape index (κ2) is 5.53. The molecule has 0 bridgehead atoms. The van der Waals surface area contributed by atoms with Gasteiger partial charge in [0.2, 0.25) is 0 Å². The summed E-state index contributed by atoms with van der Waals surface area (Å²) in [4.78, 5) is 10.7. The molecule has 3 rings (SSSR count). The van der Waals surface area contributed by atoms with Crippen LogP contribution in [0, 0.1) is 0 Å². The highest BCUT2D eigenvalue weighted by atomic mass is 16.1. The van der Waals surface area contributed by atoms with Gasteiger partial charge < -0.3 is 0 Å². The molecule has 0 saturated carbocycles. The van der Waals surface area contributed by atoms with Gasteiger partial charge in [-0.2, -0.15) is 5.10 Å². The molecule has 3 nitrogen and oxygen atoms in total. The number of benzene rings is 2. The van der Waals surface area contributed by atoms with Gasteiger partial charge >= 0.3 is 0 Å². The number of aromatic nitrogens is 2. The van der Waals surface area contributed by atoms with Gasteiger partial charge in [0.25, 0.3) is 0 Å². The molecule has 0 aliphatic heterocycles. The van der Waals surface area contributed by atoms with Crippen LogP contribution in [-0.2, 0) is 6.54 Å². The van der Waals surface area contributed by atoms with E-state index in [-0.39, 0.29) is 0 Å². The molecule has 98 valence electrons. The SMILES string of the molecule is O=Cc1cnn(Cc2cccc(-c3ccccc3)c2)c1. The third kappa shape index (κ3) is 2.67. The van der Waals surface area contributed by atoms with Crippen molar-refractivity contribution in [3.63, 3.8) is 0 Å². The summed E-state index contributed by atoms with van der Waals surface area (Å²) in [5, 5.41) is 4.17. The molecule has 1 heterocycles. The van der Waals surface area contributed by atoms with Crippen LogP contribution in [0.4, 0.5) is 0 Å². The maximum absolute atomic E-state index is 10.7. The largest absolute Gasteiger partial charge is 0.298 e. The van der Waals surface area contributed by atoms with Crippen LogP contribution in [0.2, 0.25) is 0 Å². The lowest BCUT2D eigenvalue weighted by molar-refractivity contribution is 0.112. The van der Waals surface area contributed by atoms with E-state index in [4.69, 9.17) is 0 Å². The number of carbonyl (C=O) groups is 1. The van der Waals surface area contributed by atoms with Gasteiger partial charge in [-0.25, -0.2) is 0 Å². The van der Waals surface area contributed by atoms with Gasteiger partial charge in [-0.15, -0.1) is 0 Å². The molecule has 2 aromatic carbocycles. The molecule has 0 radical (unpaired) electrons. The van der Waals surface area contributed by atoms with Crippen molar-refractivity contribution in [3.05, 3.63) is 78.1 Å². The maximum atomic E-state index is 10.7. The van der Waals surface area contributed by atoms with Crippen LogP contribution in [0.1, 0.15) is 15.9 Å². The van der Waals surface area contributed by atoms with Gasteiger partial charge in [-0.3, -0.25) is 9.48 Å². The van der Waals surface area contributed by atoms with Gasteiger partial charge in [0, 0.05) is 6.20 Å². The minimum absolute atomic E-state index is 0.601. The number of carbonyl (C=O) groups excluding carboxylic acids is 1. The van der Waals surface area contributed by atoms with E-state index in [1.54, 1.807) is 17.1 Å². The molecule has 1 aromatic heterocycles. The molecule has 0 atom stereocenters. The number of aldehydes is 1. The fraction of sp³-hybridized carbons (Fsp3) is 0.0588. The van der Waals surface area contributed by atoms with E-state index in [2.05, 4.69) is 35.4 Å². The lowest BCUT2D eigenvalue weighted by Gasteiger charge is -2.06. The standard InChI is InChI=1S/C17H14N2O/c20-13-15-10-18-19(12-15)11-14-5-4-8-17(9-14)16-6-2-1-3-7-16/h1-10,12-13H,11H2. The molecule has 0 aliphatic rings. The molecule has 0 aliphatic carbocycles. The highest BCUT2D eigenvalue weighted by molar-refractivity contribution is 5.73. The fourth-order valence-electron chi connectivity index (χ4n) is 2.19. The minimum atomic E-state index is 0.601. The van der Waals surface area contributed by atoms with E-state index in [9.17, 15) is 4.79 Å². The Balaban J connectivity index is 1.86. The summed E-state index contributed by atoms with van der Waals surface area (Å²) in [6, 6.07) is 18.6. The molecule has 20 heavy (non-hydrogen) atoms. The molecule has 3 aromatic rings. The van der Waals surface area contributed by atoms with Crippen LogP contribution in [0.5, 0.6) is 0 Å². The number of nitrogens with zero attached hydrogens (tertiary/aromatic N) is 2. The van der Waals surface area contributed by atoms with E-state index in [1.807, 2.05) is 24.3 Å². The van der Waals surface area contributed by atoms with Crippen LogP contribution in [-0.4, -0.2) is 16.1 Å². The van der Waals surface area contributed by atoms with Crippen molar-refractivity contribution >= 4 is 6.29 Å². The predicted molar refractivity (Wildman–Crippen MR) is 78.6 cm³/mol. The van der Waals surface area contributed by atoms with Crippen molar-refractivity contribution < 1.29 is 4.79 Å². The first kappa shape index (κ1) is 12.4. The van der Waals surface area contributed by atoms with Crippen LogP contribution in [0.15, 0.2) is 67.0 Å². The van der Waals surface area contributed by atoms with E-state index < -0.39 is 0 Å². The second-order valence-corrected chi connectivity index (χ2v) is 4.66. The molecule has 3 heteroatoms. The molecule has 0 N–H and O–H groups in total. The fourth-order valence-corrected chi connectivity index (χ4v) is 2.19. The second-order valence-electron chi connectivity index (χ2n) is 4.66. The van der Waals surface area contributed by atoms with Crippen LogP contribution >= 0.6 is 0 Å². The summed E-state index contributed by atoms with van der Waals surface area (Å²) in [7, 11) is 0. The van der Waals surface area contributed by atoms with Crippen molar-refractivity contribution in [1.29, 1.82) is 0 Å². The molecule has 0 spiro atoms. The highest BCUT2D eigenvalue weighted by Gasteiger charge is 2.01. The first-order chi connectivity index (χ1) is 9.85. The number of rotatable bonds is 4. The smallest absolute Gasteiger partial charge is 0.153 e. The Morgan fingerprint density at radius 2 is 1.80 bits per heavy atom. The third-order valence-electron chi connectivity index (χ3n) is 3.17. The van der Waals surface area contributed by atoms with E-state index in [0.29, 0.717) is 12.1 Å². The molecule has 0 fully saturated rings. The zero-order valence-corrected chi connectivity index (χ0v) is 10.9. The number of hydrogen-bond donors (Lipinski definition) is 0. The van der Waals surface area contributed by atoms with Crippen molar-refractivity contribution in [2.24, 2.45) is 0 Å². The first-order valence-electron chi connectivity index (χ1n) is 6.47. The Bertz CT molecular complexity index is 717. The van der Waals surface area contributed by atoms with E-state index in [1.165, 1.54) is 11.1 Å². The van der Waals surface area contributed by atoms with Crippen molar-refractivity contribution in [2.75, 3.05) is 0 Å². The van der Waals surface area contributed by atoms with Crippen LogP contribution < -0.4 is 0 Å².